The fraction of sp³-hybridized carbons (Fsp3) is 0.231. The summed E-state index contributed by atoms with van der Waals surface area (Å²) in [6.45, 7) is 3.67. The SMILES string of the molecule is Cc1nn(CC(=O)Nc2ccc(Cl)cc2Cl)c(C)c1Cl. The number of hydrogen-bond acceptors (Lipinski definition) is 2. The van der Waals surface area contributed by atoms with Gasteiger partial charge in [-0.15, -0.1) is 0 Å². The number of aryl methyl sites for hydroxylation is 1. The molecule has 1 heterocycles. The van der Waals surface area contributed by atoms with Crippen molar-refractivity contribution in [2.24, 2.45) is 0 Å². The lowest BCUT2D eigenvalue weighted by molar-refractivity contribution is -0.116. The fourth-order valence-corrected chi connectivity index (χ4v) is 2.34. The summed E-state index contributed by atoms with van der Waals surface area (Å²) in [4.78, 5) is 12.0. The monoisotopic (exact) mass is 331 g/mol. The number of anilines is 1. The molecule has 1 amide bonds. The van der Waals surface area contributed by atoms with E-state index in [1.807, 2.05) is 6.92 Å². The van der Waals surface area contributed by atoms with E-state index >= 15 is 0 Å². The second-order valence-corrected chi connectivity index (χ2v) is 5.54. The molecule has 0 saturated carbocycles. The maximum Gasteiger partial charge on any atom is 0.246 e. The third kappa shape index (κ3) is 3.26. The van der Waals surface area contributed by atoms with Gasteiger partial charge in [-0.2, -0.15) is 5.10 Å². The Morgan fingerprint density at radius 3 is 2.55 bits per heavy atom. The van der Waals surface area contributed by atoms with Crippen LogP contribution in [0.2, 0.25) is 15.1 Å². The standard InChI is InChI=1S/C13H12Cl3N3O/c1-7-13(16)8(2)19(18-7)6-12(20)17-11-4-3-9(14)5-10(11)15/h3-5H,6H2,1-2H3,(H,17,20). The molecule has 0 radical (unpaired) electrons. The van der Waals surface area contributed by atoms with E-state index in [1.165, 1.54) is 0 Å². The number of amides is 1. The average molecular weight is 333 g/mol. The van der Waals surface area contributed by atoms with Crippen molar-refractivity contribution in [1.29, 1.82) is 0 Å². The van der Waals surface area contributed by atoms with E-state index in [-0.39, 0.29) is 12.5 Å². The lowest BCUT2D eigenvalue weighted by atomic mass is 10.3. The predicted molar refractivity (Wildman–Crippen MR) is 81.8 cm³/mol. The minimum atomic E-state index is -0.239. The molecular formula is C13H12Cl3N3O. The van der Waals surface area contributed by atoms with E-state index in [9.17, 15) is 4.79 Å². The largest absolute Gasteiger partial charge is 0.323 e. The number of hydrogen-bond donors (Lipinski definition) is 1. The van der Waals surface area contributed by atoms with Gasteiger partial charge < -0.3 is 5.32 Å². The highest BCUT2D eigenvalue weighted by molar-refractivity contribution is 6.36. The maximum absolute atomic E-state index is 12.0. The Bertz CT molecular complexity index is 667. The highest BCUT2D eigenvalue weighted by Gasteiger charge is 2.13. The van der Waals surface area contributed by atoms with Gasteiger partial charge in [0.1, 0.15) is 6.54 Å². The molecule has 2 rings (SSSR count). The maximum atomic E-state index is 12.0. The molecular weight excluding hydrogens is 321 g/mol. The van der Waals surface area contributed by atoms with Crippen molar-refractivity contribution >= 4 is 46.4 Å². The molecule has 0 saturated heterocycles. The van der Waals surface area contributed by atoms with Gasteiger partial charge in [-0.1, -0.05) is 34.8 Å². The van der Waals surface area contributed by atoms with Gasteiger partial charge in [-0.3, -0.25) is 9.48 Å². The molecule has 7 heteroatoms. The topological polar surface area (TPSA) is 46.9 Å². The van der Waals surface area contributed by atoms with E-state index < -0.39 is 0 Å². The van der Waals surface area contributed by atoms with Gasteiger partial charge >= 0.3 is 0 Å². The van der Waals surface area contributed by atoms with Crippen molar-refractivity contribution in [3.8, 4) is 0 Å². The summed E-state index contributed by atoms with van der Waals surface area (Å²) < 4.78 is 1.55. The summed E-state index contributed by atoms with van der Waals surface area (Å²) in [5.41, 5.74) is 1.96. The summed E-state index contributed by atoms with van der Waals surface area (Å²) >= 11 is 17.8. The molecule has 20 heavy (non-hydrogen) atoms. The predicted octanol–water partition coefficient (Wildman–Crippen LogP) is 4.10. The first kappa shape index (κ1) is 15.2. The van der Waals surface area contributed by atoms with Gasteiger partial charge in [0.25, 0.3) is 0 Å². The van der Waals surface area contributed by atoms with Crippen LogP contribution in [0.25, 0.3) is 0 Å². The summed E-state index contributed by atoms with van der Waals surface area (Å²) in [6, 6.07) is 4.87. The number of rotatable bonds is 3. The molecule has 1 aromatic carbocycles. The van der Waals surface area contributed by atoms with Crippen molar-refractivity contribution < 1.29 is 4.79 Å². The summed E-state index contributed by atoms with van der Waals surface area (Å²) in [5, 5.41) is 8.38. The van der Waals surface area contributed by atoms with E-state index in [2.05, 4.69) is 10.4 Å². The highest BCUT2D eigenvalue weighted by Crippen LogP contribution is 2.25. The van der Waals surface area contributed by atoms with Crippen LogP contribution in [0.3, 0.4) is 0 Å². The molecule has 0 unspecified atom stereocenters. The van der Waals surface area contributed by atoms with E-state index in [1.54, 1.807) is 29.8 Å². The van der Waals surface area contributed by atoms with Crippen LogP contribution >= 0.6 is 34.8 Å². The van der Waals surface area contributed by atoms with Crippen LogP contribution in [0.15, 0.2) is 18.2 Å². The lowest BCUT2D eigenvalue weighted by Gasteiger charge is -2.08. The van der Waals surface area contributed by atoms with Crippen LogP contribution < -0.4 is 5.32 Å². The number of nitrogens with one attached hydrogen (secondary N) is 1. The van der Waals surface area contributed by atoms with Crippen molar-refractivity contribution in [1.82, 2.24) is 9.78 Å². The normalized spacial score (nSPS) is 10.7. The quantitative estimate of drug-likeness (QED) is 0.920. The lowest BCUT2D eigenvalue weighted by Crippen LogP contribution is -2.20. The Labute approximate surface area is 131 Å². The van der Waals surface area contributed by atoms with Crippen LogP contribution in [0, 0.1) is 13.8 Å². The van der Waals surface area contributed by atoms with E-state index in [0.29, 0.717) is 26.4 Å². The average Bonchev–Trinajstić information content (AvgIpc) is 2.61. The van der Waals surface area contributed by atoms with Gasteiger partial charge in [0, 0.05) is 5.02 Å². The first-order valence-electron chi connectivity index (χ1n) is 5.83. The molecule has 1 aromatic heterocycles. The van der Waals surface area contributed by atoms with Crippen LogP contribution in [0.5, 0.6) is 0 Å². The van der Waals surface area contributed by atoms with E-state index in [4.69, 9.17) is 34.8 Å². The van der Waals surface area contributed by atoms with Crippen molar-refractivity contribution in [3.05, 3.63) is 44.7 Å². The minimum Gasteiger partial charge on any atom is -0.323 e. The van der Waals surface area contributed by atoms with Crippen molar-refractivity contribution in [3.63, 3.8) is 0 Å². The van der Waals surface area contributed by atoms with Gasteiger partial charge in [0.15, 0.2) is 0 Å². The number of carbonyl (C=O) groups is 1. The molecule has 4 nitrogen and oxygen atoms in total. The second kappa shape index (κ2) is 6.04. The smallest absolute Gasteiger partial charge is 0.246 e. The zero-order valence-corrected chi connectivity index (χ0v) is 13.1. The zero-order valence-electron chi connectivity index (χ0n) is 10.9. The Morgan fingerprint density at radius 1 is 1.30 bits per heavy atom. The minimum absolute atomic E-state index is 0.0678. The molecule has 0 spiro atoms. The first-order chi connectivity index (χ1) is 9.38. The third-order valence-electron chi connectivity index (χ3n) is 2.79. The number of carbonyl (C=O) groups excluding carboxylic acids is 1. The van der Waals surface area contributed by atoms with Gasteiger partial charge in [0.2, 0.25) is 5.91 Å². The first-order valence-corrected chi connectivity index (χ1v) is 6.96. The van der Waals surface area contributed by atoms with Crippen molar-refractivity contribution in [2.45, 2.75) is 20.4 Å². The number of nitrogens with zero attached hydrogens (tertiary/aromatic N) is 2. The summed E-state index contributed by atoms with van der Waals surface area (Å²) in [7, 11) is 0. The Hall–Kier alpha value is -1.23. The Morgan fingerprint density at radius 2 is 2.00 bits per heavy atom. The number of benzene rings is 1. The molecule has 0 aliphatic heterocycles. The van der Waals surface area contributed by atoms with Gasteiger partial charge in [-0.05, 0) is 32.0 Å². The van der Waals surface area contributed by atoms with E-state index in [0.717, 1.165) is 5.69 Å². The fourth-order valence-electron chi connectivity index (χ4n) is 1.75. The summed E-state index contributed by atoms with van der Waals surface area (Å²) in [5.74, 6) is -0.239. The van der Waals surface area contributed by atoms with Gasteiger partial charge in [-0.25, -0.2) is 0 Å². The zero-order chi connectivity index (χ0) is 14.9. The number of aromatic nitrogens is 2. The molecule has 0 aliphatic rings. The highest BCUT2D eigenvalue weighted by atomic mass is 35.5. The third-order valence-corrected chi connectivity index (χ3v) is 3.89. The van der Waals surface area contributed by atoms with Crippen LogP contribution in [0.1, 0.15) is 11.4 Å². The Balaban J connectivity index is 2.11. The van der Waals surface area contributed by atoms with Gasteiger partial charge in [0.05, 0.1) is 27.1 Å². The molecule has 0 fully saturated rings. The second-order valence-electron chi connectivity index (χ2n) is 4.31. The van der Waals surface area contributed by atoms with Crippen LogP contribution in [0.4, 0.5) is 5.69 Å². The van der Waals surface area contributed by atoms with Crippen LogP contribution in [-0.4, -0.2) is 15.7 Å². The number of halogens is 3. The Kier molecular flexibility index (Phi) is 4.58. The molecule has 106 valence electrons. The summed E-state index contributed by atoms with van der Waals surface area (Å²) in [6.07, 6.45) is 0. The molecule has 2 aromatic rings. The molecule has 1 N–H and O–H groups in total. The van der Waals surface area contributed by atoms with Crippen LogP contribution in [-0.2, 0) is 11.3 Å². The molecule has 0 atom stereocenters. The molecule has 0 aliphatic carbocycles. The van der Waals surface area contributed by atoms with Crippen molar-refractivity contribution in [2.75, 3.05) is 5.32 Å². The molecule has 0 bridgehead atoms.